The van der Waals surface area contributed by atoms with Crippen LogP contribution in [-0.2, 0) is 0 Å². The first-order valence-corrected chi connectivity index (χ1v) is 13.9. The average Bonchev–Trinajstić information content (AvgIpc) is 3.69. The van der Waals surface area contributed by atoms with Crippen LogP contribution in [-0.4, -0.2) is 4.57 Å². The van der Waals surface area contributed by atoms with E-state index in [-0.39, 0.29) is 0 Å². The smallest absolute Gasteiger partial charge is 0.136 e. The summed E-state index contributed by atoms with van der Waals surface area (Å²) < 4.78 is 15.0. The van der Waals surface area contributed by atoms with Crippen LogP contribution in [0.2, 0.25) is 0 Å². The number of hydrogen-bond acceptors (Lipinski definition) is 3. The number of fused-ring (bicyclic) bond motifs is 10. The molecule has 0 unspecified atom stereocenters. The molecule has 0 aliphatic heterocycles. The van der Waals surface area contributed by atoms with Gasteiger partial charge in [-0.1, -0.05) is 54.6 Å². The fourth-order valence-electron chi connectivity index (χ4n) is 6.69. The molecule has 0 bridgehead atoms. The number of rotatable bonds is 2. The van der Waals surface area contributed by atoms with Gasteiger partial charge < -0.3 is 13.4 Å². The summed E-state index contributed by atoms with van der Waals surface area (Å²) in [4.78, 5) is 0. The Balaban J connectivity index is 1.30. The van der Waals surface area contributed by atoms with Gasteiger partial charge in [0, 0.05) is 43.6 Å². The van der Waals surface area contributed by atoms with E-state index in [1.165, 1.54) is 33.1 Å². The second-order valence-electron chi connectivity index (χ2n) is 10.7. The molecule has 5 aromatic carbocycles. The summed E-state index contributed by atoms with van der Waals surface area (Å²) in [5.74, 6) is 0. The van der Waals surface area contributed by atoms with Crippen LogP contribution in [0, 0.1) is 11.3 Å². The molecule has 3 aromatic heterocycles. The van der Waals surface area contributed by atoms with Crippen molar-refractivity contribution in [2.45, 2.75) is 12.8 Å². The maximum atomic E-state index is 9.55. The first-order chi connectivity index (χ1) is 20.3. The zero-order valence-corrected chi connectivity index (χ0v) is 22.0. The fraction of sp³-hybridized carbons (Fsp3) is 0.0541. The van der Waals surface area contributed by atoms with Crippen LogP contribution in [0.3, 0.4) is 0 Å². The first kappa shape index (κ1) is 22.3. The lowest BCUT2D eigenvalue weighted by atomic mass is 9.94. The minimum atomic E-state index is 0.610. The van der Waals surface area contributed by atoms with Crippen LogP contribution in [0.1, 0.15) is 24.0 Å². The molecule has 1 aliphatic rings. The molecule has 0 radical (unpaired) electrons. The summed E-state index contributed by atoms with van der Waals surface area (Å²) in [7, 11) is 0. The molecular formula is C37H22N2O2. The Morgan fingerprint density at radius 2 is 1.17 bits per heavy atom. The van der Waals surface area contributed by atoms with E-state index in [0.717, 1.165) is 62.3 Å². The van der Waals surface area contributed by atoms with E-state index < -0.39 is 0 Å². The highest BCUT2D eigenvalue weighted by Crippen LogP contribution is 2.43. The van der Waals surface area contributed by atoms with Gasteiger partial charge in [0.05, 0.1) is 22.7 Å². The van der Waals surface area contributed by atoms with Gasteiger partial charge >= 0.3 is 0 Å². The van der Waals surface area contributed by atoms with E-state index in [2.05, 4.69) is 89.5 Å². The molecule has 4 nitrogen and oxygen atoms in total. The summed E-state index contributed by atoms with van der Waals surface area (Å²) in [5.41, 5.74) is 9.81. The highest BCUT2D eigenvalue weighted by molar-refractivity contribution is 6.26. The van der Waals surface area contributed by atoms with Gasteiger partial charge in [0.15, 0.2) is 0 Å². The molecule has 0 saturated carbocycles. The van der Waals surface area contributed by atoms with E-state index >= 15 is 0 Å². The Bertz CT molecular complexity index is 2440. The van der Waals surface area contributed by atoms with Crippen LogP contribution < -0.4 is 0 Å². The summed E-state index contributed by atoms with van der Waals surface area (Å²) in [5, 5.41) is 16.1. The Morgan fingerprint density at radius 3 is 1.85 bits per heavy atom. The fourth-order valence-corrected chi connectivity index (χ4v) is 6.69. The van der Waals surface area contributed by atoms with Crippen LogP contribution in [0.15, 0.2) is 118 Å². The Kier molecular flexibility index (Phi) is 4.48. The van der Waals surface area contributed by atoms with Crippen molar-refractivity contribution in [2.75, 3.05) is 0 Å². The normalized spacial score (nSPS) is 13.9. The largest absolute Gasteiger partial charge is 0.456 e. The van der Waals surface area contributed by atoms with Crippen LogP contribution in [0.25, 0.3) is 77.0 Å². The third-order valence-electron chi connectivity index (χ3n) is 8.46. The van der Waals surface area contributed by atoms with Gasteiger partial charge in [0.2, 0.25) is 0 Å². The highest BCUT2D eigenvalue weighted by Gasteiger charge is 2.21. The van der Waals surface area contributed by atoms with Crippen molar-refractivity contribution in [2.24, 2.45) is 0 Å². The number of hydrogen-bond donors (Lipinski definition) is 0. The SMILES string of the molecule is N#Cc1ccc2oc3ccc4oc5ccc(C6=CCCC=C6n6c7ccccc7c7ccccc76)cc5c4c3c2c1. The molecule has 1 aliphatic carbocycles. The molecule has 0 atom stereocenters. The van der Waals surface area contributed by atoms with E-state index in [1.54, 1.807) is 6.07 Å². The van der Waals surface area contributed by atoms with Crippen molar-refractivity contribution in [3.63, 3.8) is 0 Å². The number of allylic oxidation sites excluding steroid dienone is 4. The molecular weight excluding hydrogens is 504 g/mol. The molecule has 0 amide bonds. The first-order valence-electron chi connectivity index (χ1n) is 13.9. The summed E-state index contributed by atoms with van der Waals surface area (Å²) >= 11 is 0. The van der Waals surface area contributed by atoms with Crippen molar-refractivity contribution in [1.29, 1.82) is 5.26 Å². The molecule has 0 saturated heterocycles. The van der Waals surface area contributed by atoms with Crippen LogP contribution in [0.4, 0.5) is 0 Å². The molecule has 8 aromatic rings. The molecule has 0 N–H and O–H groups in total. The lowest BCUT2D eigenvalue weighted by molar-refractivity contribution is 0.663. The van der Waals surface area contributed by atoms with Crippen LogP contribution >= 0.6 is 0 Å². The summed E-state index contributed by atoms with van der Waals surface area (Å²) in [6, 6.07) is 35.6. The minimum absolute atomic E-state index is 0.610. The summed E-state index contributed by atoms with van der Waals surface area (Å²) in [6.45, 7) is 0. The van der Waals surface area contributed by atoms with Gasteiger partial charge in [-0.3, -0.25) is 0 Å². The Labute approximate surface area is 234 Å². The second kappa shape index (κ2) is 8.24. The standard InChI is InChI=1S/C37H22N2O2/c38-21-22-13-15-32-27(19-22)36-34(40-32)17-18-35-37(36)28-20-23(14-16-33(28)41-35)24-7-1-4-10-29(24)39-30-11-5-2-8-25(30)26-9-3-6-12-31(26)39/h2-3,5-20H,1,4H2. The maximum absolute atomic E-state index is 9.55. The molecule has 0 spiro atoms. The van der Waals surface area contributed by atoms with Gasteiger partial charge in [0.1, 0.15) is 22.3 Å². The van der Waals surface area contributed by atoms with E-state index in [9.17, 15) is 5.26 Å². The molecule has 9 rings (SSSR count). The average molecular weight is 527 g/mol. The molecule has 4 heteroatoms. The predicted molar refractivity (Wildman–Crippen MR) is 167 cm³/mol. The number of aromatic nitrogens is 1. The Hall–Kier alpha value is -5.53. The molecule has 192 valence electrons. The van der Waals surface area contributed by atoms with Gasteiger partial charge in [0.25, 0.3) is 0 Å². The maximum Gasteiger partial charge on any atom is 0.136 e. The monoisotopic (exact) mass is 526 g/mol. The van der Waals surface area contributed by atoms with E-state index in [4.69, 9.17) is 8.83 Å². The zero-order valence-electron chi connectivity index (χ0n) is 22.0. The van der Waals surface area contributed by atoms with Crippen molar-refractivity contribution in [3.8, 4) is 6.07 Å². The minimum Gasteiger partial charge on any atom is -0.456 e. The quantitative estimate of drug-likeness (QED) is 0.225. The number of benzene rings is 5. The number of nitriles is 1. The topological polar surface area (TPSA) is 55.0 Å². The van der Waals surface area contributed by atoms with Gasteiger partial charge in [-0.2, -0.15) is 5.26 Å². The van der Waals surface area contributed by atoms with Crippen molar-refractivity contribution >= 4 is 77.0 Å². The zero-order chi connectivity index (χ0) is 27.1. The van der Waals surface area contributed by atoms with Gasteiger partial charge in [-0.25, -0.2) is 0 Å². The van der Waals surface area contributed by atoms with Crippen LogP contribution in [0.5, 0.6) is 0 Å². The number of furan rings is 2. The molecule has 0 fully saturated rings. The number of nitrogens with zero attached hydrogens (tertiary/aromatic N) is 2. The lowest BCUT2D eigenvalue weighted by Gasteiger charge is -2.20. The van der Waals surface area contributed by atoms with Gasteiger partial charge in [-0.05, 0) is 73.0 Å². The van der Waals surface area contributed by atoms with E-state index in [1.807, 2.05) is 24.3 Å². The number of para-hydroxylation sites is 2. The molecule has 3 heterocycles. The lowest BCUT2D eigenvalue weighted by Crippen LogP contribution is -2.03. The predicted octanol–water partition coefficient (Wildman–Crippen LogP) is 10.2. The van der Waals surface area contributed by atoms with E-state index in [0.29, 0.717) is 5.56 Å². The van der Waals surface area contributed by atoms with Gasteiger partial charge in [-0.15, -0.1) is 0 Å². The van der Waals surface area contributed by atoms with Crippen molar-refractivity contribution in [1.82, 2.24) is 4.57 Å². The molecule has 41 heavy (non-hydrogen) atoms. The third kappa shape index (κ3) is 3.09. The van der Waals surface area contributed by atoms with Crippen molar-refractivity contribution < 1.29 is 8.83 Å². The summed E-state index contributed by atoms with van der Waals surface area (Å²) in [6.07, 6.45) is 6.73. The highest BCUT2D eigenvalue weighted by atomic mass is 16.3. The second-order valence-corrected chi connectivity index (χ2v) is 10.7. The third-order valence-corrected chi connectivity index (χ3v) is 8.46. The Morgan fingerprint density at radius 1 is 0.585 bits per heavy atom. The van der Waals surface area contributed by atoms with Crippen molar-refractivity contribution in [3.05, 3.63) is 120 Å².